The molecule has 3 amide bonds. The quantitative estimate of drug-likeness (QED) is 0.157. The lowest BCUT2D eigenvalue weighted by Crippen LogP contribution is -2.44. The van der Waals surface area contributed by atoms with Crippen molar-refractivity contribution in [2.75, 3.05) is 11.9 Å². The number of ether oxygens (including phenoxy) is 3. The van der Waals surface area contributed by atoms with E-state index in [4.69, 9.17) is 22.8 Å². The Morgan fingerprint density at radius 1 is 0.778 bits per heavy atom. The molecule has 14 nitrogen and oxygen atoms in total. The zero-order valence-electron chi connectivity index (χ0n) is 35.4. The first kappa shape index (κ1) is 37.0. The number of benzene rings is 2. The van der Waals surface area contributed by atoms with Gasteiger partial charge in [-0.15, -0.1) is 0 Å². The van der Waals surface area contributed by atoms with Gasteiger partial charge in [-0.1, -0.05) is 41.6 Å². The zero-order chi connectivity index (χ0) is 42.9. The van der Waals surface area contributed by atoms with E-state index in [-0.39, 0.29) is 34.4 Å². The molecule has 2 aromatic carbocycles. The minimum atomic E-state index is -3.57. The molecule has 0 fully saturated rings. The molecule has 0 aliphatic carbocycles. The van der Waals surface area contributed by atoms with E-state index in [1.165, 1.54) is 36.5 Å². The van der Waals surface area contributed by atoms with Gasteiger partial charge in [0.1, 0.15) is 22.5 Å². The number of carbonyl (C=O) groups excluding carboxylic acids is 3. The minimum Gasteiger partial charge on any atom is -0.444 e. The number of rotatable bonds is 8. The van der Waals surface area contributed by atoms with Crippen LogP contribution in [0.4, 0.5) is 20.2 Å². The van der Waals surface area contributed by atoms with Gasteiger partial charge in [0.05, 0.1) is 22.0 Å². The molecular formula is C39H49N5O9S. The molecule has 0 saturated heterocycles. The van der Waals surface area contributed by atoms with Crippen molar-refractivity contribution in [3.63, 3.8) is 0 Å². The maximum atomic E-state index is 13.8. The number of amides is 3. The summed E-state index contributed by atoms with van der Waals surface area (Å²) in [6.07, 6.45) is -1.85. The third kappa shape index (κ3) is 10.6. The summed E-state index contributed by atoms with van der Waals surface area (Å²) in [5.41, 5.74) is -1.15. The van der Waals surface area contributed by atoms with Gasteiger partial charge in [-0.25, -0.2) is 32.8 Å². The molecule has 0 spiro atoms. The van der Waals surface area contributed by atoms with Crippen LogP contribution in [0.3, 0.4) is 0 Å². The second-order valence-corrected chi connectivity index (χ2v) is 18.2. The van der Waals surface area contributed by atoms with Gasteiger partial charge in [-0.05, 0) is 93.9 Å². The Morgan fingerprint density at radius 3 is 1.78 bits per heavy atom. The van der Waals surface area contributed by atoms with Crippen molar-refractivity contribution < 1.29 is 45.6 Å². The van der Waals surface area contributed by atoms with Crippen LogP contribution in [0.1, 0.15) is 85.8 Å². The lowest BCUT2D eigenvalue weighted by atomic mass is 10.1. The molecule has 2 aromatic heterocycles. The molecule has 0 unspecified atom stereocenters. The van der Waals surface area contributed by atoms with E-state index in [9.17, 15) is 22.8 Å². The monoisotopic (exact) mass is 766 g/mol. The van der Waals surface area contributed by atoms with Crippen LogP contribution in [0.15, 0.2) is 70.2 Å². The second-order valence-electron chi connectivity index (χ2n) is 15.7. The van der Waals surface area contributed by atoms with Crippen molar-refractivity contribution in [2.45, 2.75) is 110 Å². The van der Waals surface area contributed by atoms with Crippen LogP contribution in [0.25, 0.3) is 34.0 Å². The molecule has 0 aliphatic heterocycles. The molecule has 0 saturated carbocycles. The molecule has 4 rings (SSSR count). The molecular weight excluding hydrogens is 715 g/mol. The molecule has 0 N–H and O–H groups in total. The number of aromatic nitrogens is 3. The standard InChI is InChI=1S/C39H49N5O9S/c1-24(2)54(48,49)28-19-17-27(18-20-28)30-22-40-32(33(41-30)44(35(46)51-38(6,7)8)36(47)52-39(9,10)11)31-21-29(42-53-31)26-15-13-25(14-16-26)23-43(12)34(45)50-37(3,4)5/h13-22,24H,23H2,1-12H3/i12D3. The number of hydrogen-bond donors (Lipinski definition) is 0. The fourth-order valence-corrected chi connectivity index (χ4v) is 5.73. The maximum Gasteiger partial charge on any atom is 0.425 e. The summed E-state index contributed by atoms with van der Waals surface area (Å²) in [5, 5.41) is 3.53. The summed E-state index contributed by atoms with van der Waals surface area (Å²) in [7, 11) is -3.57. The summed E-state index contributed by atoms with van der Waals surface area (Å²) in [6, 6.07) is 14.0. The van der Waals surface area contributed by atoms with Crippen molar-refractivity contribution in [3.05, 3.63) is 66.4 Å². The summed E-state index contributed by atoms with van der Waals surface area (Å²) >= 11 is 0. The van der Waals surface area contributed by atoms with Crippen molar-refractivity contribution in [2.24, 2.45) is 0 Å². The number of nitrogens with zero attached hydrogens (tertiary/aromatic N) is 5. The second kappa shape index (κ2) is 15.6. The van der Waals surface area contributed by atoms with Gasteiger partial charge in [0.2, 0.25) is 0 Å². The van der Waals surface area contributed by atoms with Gasteiger partial charge in [-0.3, -0.25) is 0 Å². The third-order valence-electron chi connectivity index (χ3n) is 7.17. The van der Waals surface area contributed by atoms with E-state index in [2.05, 4.69) is 15.1 Å². The lowest BCUT2D eigenvalue weighted by molar-refractivity contribution is 0.0283. The highest BCUT2D eigenvalue weighted by Crippen LogP contribution is 2.35. The largest absolute Gasteiger partial charge is 0.444 e. The average Bonchev–Trinajstić information content (AvgIpc) is 3.55. The molecule has 2 heterocycles. The van der Waals surface area contributed by atoms with Crippen LogP contribution >= 0.6 is 0 Å². The topological polar surface area (TPSA) is 171 Å². The Kier molecular flexibility index (Phi) is 10.7. The molecule has 0 radical (unpaired) electrons. The van der Waals surface area contributed by atoms with Gasteiger partial charge < -0.3 is 23.6 Å². The minimum absolute atomic E-state index is 0.00267. The first-order valence-electron chi connectivity index (χ1n) is 18.6. The highest BCUT2D eigenvalue weighted by Gasteiger charge is 2.37. The van der Waals surface area contributed by atoms with Crippen LogP contribution in [0.5, 0.6) is 0 Å². The molecule has 15 heteroatoms. The predicted molar refractivity (Wildman–Crippen MR) is 203 cm³/mol. The number of imide groups is 1. The van der Waals surface area contributed by atoms with Gasteiger partial charge in [0, 0.05) is 34.8 Å². The first-order valence-corrected chi connectivity index (χ1v) is 18.6. The average molecular weight is 767 g/mol. The fraction of sp³-hybridized carbons (Fsp3) is 0.436. The Hall–Kier alpha value is -5.31. The van der Waals surface area contributed by atoms with E-state index < -0.39 is 57.1 Å². The summed E-state index contributed by atoms with van der Waals surface area (Å²) < 4.78 is 71.4. The Labute approximate surface area is 320 Å². The number of sulfone groups is 1. The predicted octanol–water partition coefficient (Wildman–Crippen LogP) is 8.69. The highest BCUT2D eigenvalue weighted by atomic mass is 32.2. The van der Waals surface area contributed by atoms with Gasteiger partial charge >= 0.3 is 18.3 Å². The molecule has 4 aromatic rings. The Morgan fingerprint density at radius 2 is 1.28 bits per heavy atom. The summed E-state index contributed by atoms with van der Waals surface area (Å²) in [5.74, 6) is -0.322. The van der Waals surface area contributed by atoms with Crippen LogP contribution in [0.2, 0.25) is 0 Å². The van der Waals surface area contributed by atoms with Crippen LogP contribution in [-0.4, -0.2) is 75.8 Å². The number of carbonyl (C=O) groups is 3. The van der Waals surface area contributed by atoms with Crippen molar-refractivity contribution in [1.29, 1.82) is 0 Å². The van der Waals surface area contributed by atoms with Gasteiger partial charge in [0.15, 0.2) is 27.1 Å². The number of hydrogen-bond acceptors (Lipinski definition) is 12. The maximum absolute atomic E-state index is 13.8. The molecule has 54 heavy (non-hydrogen) atoms. The summed E-state index contributed by atoms with van der Waals surface area (Å²) in [4.78, 5) is 50.9. The van der Waals surface area contributed by atoms with Crippen molar-refractivity contribution in [3.8, 4) is 34.0 Å². The smallest absolute Gasteiger partial charge is 0.425 e. The summed E-state index contributed by atoms with van der Waals surface area (Å²) in [6.45, 7) is 14.8. The van der Waals surface area contributed by atoms with Crippen molar-refractivity contribution >= 4 is 33.9 Å². The van der Waals surface area contributed by atoms with E-state index in [0.717, 1.165) is 0 Å². The number of anilines is 1. The van der Waals surface area contributed by atoms with E-state index in [1.807, 2.05) is 0 Å². The fourth-order valence-electron chi connectivity index (χ4n) is 4.67. The normalized spacial score (nSPS) is 13.4. The van der Waals surface area contributed by atoms with E-state index in [0.29, 0.717) is 32.2 Å². The van der Waals surface area contributed by atoms with Crippen LogP contribution in [0, 0.1) is 0 Å². The van der Waals surface area contributed by atoms with Crippen molar-refractivity contribution in [1.82, 2.24) is 20.0 Å². The zero-order valence-corrected chi connectivity index (χ0v) is 33.2. The van der Waals surface area contributed by atoms with Crippen LogP contribution < -0.4 is 4.90 Å². The van der Waals surface area contributed by atoms with E-state index in [1.54, 1.807) is 100 Å². The highest BCUT2D eigenvalue weighted by molar-refractivity contribution is 7.92. The lowest BCUT2D eigenvalue weighted by Gasteiger charge is -2.28. The Bertz CT molecular complexity index is 2170. The van der Waals surface area contributed by atoms with Gasteiger partial charge in [-0.2, -0.15) is 4.90 Å². The van der Waals surface area contributed by atoms with Gasteiger partial charge in [0.25, 0.3) is 0 Å². The molecule has 290 valence electrons. The van der Waals surface area contributed by atoms with E-state index >= 15 is 0 Å². The SMILES string of the molecule is [2H]C([2H])([2H])N(Cc1ccc(-c2cc(-c3ncc(-c4ccc(S(=O)(=O)C(C)C)cc4)nc3N(C(=O)OC(C)(C)C)C(=O)OC(C)(C)C)on2)cc1)C(=O)OC(C)(C)C. The molecule has 0 atom stereocenters. The first-order chi connectivity index (χ1) is 26.1. The molecule has 0 bridgehead atoms. The third-order valence-corrected chi connectivity index (χ3v) is 9.34. The molecule has 0 aliphatic rings. The van der Waals surface area contributed by atoms with Crippen LogP contribution in [-0.2, 0) is 30.6 Å². The Balaban J connectivity index is 1.80.